The Bertz CT molecular complexity index is 778. The van der Waals surface area contributed by atoms with Gasteiger partial charge in [-0.2, -0.15) is 0 Å². The summed E-state index contributed by atoms with van der Waals surface area (Å²) in [5, 5.41) is 20.1. The summed E-state index contributed by atoms with van der Waals surface area (Å²) in [6, 6.07) is -1.43. The summed E-state index contributed by atoms with van der Waals surface area (Å²) in [5.74, 6) is -3.56. The van der Waals surface area contributed by atoms with E-state index in [1.54, 1.807) is 6.08 Å². The molecule has 6 atom stereocenters. The van der Waals surface area contributed by atoms with Gasteiger partial charge in [-0.3, -0.25) is 14.4 Å². The number of amides is 2. The summed E-state index contributed by atoms with van der Waals surface area (Å²) in [7, 11) is 0. The Labute approximate surface area is 189 Å². The van der Waals surface area contributed by atoms with Crippen LogP contribution in [-0.4, -0.2) is 80.8 Å². The first-order valence-corrected chi connectivity index (χ1v) is 12.0. The topological polar surface area (TPSA) is 107 Å². The third-order valence-electron chi connectivity index (χ3n) is 8.20. The standard InChI is InChI=1S/C24H36N2O6/c1-4-12-25(15-8-6-5-7-9-15)22(29)20-24-11-10-17(32-24)18(23(30)31)19(24)21(28)26(20)16(13-27)14(2)3/h4,14-20,27H,1,5-13H2,2-3H3,(H,30,31)/t16-,17-,18+,19+,20-,24+/m0/s1. The van der Waals surface area contributed by atoms with Gasteiger partial charge in [-0.1, -0.05) is 39.2 Å². The summed E-state index contributed by atoms with van der Waals surface area (Å²) < 4.78 is 6.28. The quantitative estimate of drug-likeness (QED) is 0.549. The van der Waals surface area contributed by atoms with Gasteiger partial charge in [0, 0.05) is 12.6 Å². The Balaban J connectivity index is 1.78. The molecule has 3 saturated heterocycles. The number of likely N-dealkylation sites (tertiary alicyclic amines) is 1. The molecule has 3 heterocycles. The molecule has 4 aliphatic rings. The number of carbonyl (C=O) groups is 3. The van der Waals surface area contributed by atoms with E-state index in [0.29, 0.717) is 19.4 Å². The highest BCUT2D eigenvalue weighted by Gasteiger charge is 2.75. The van der Waals surface area contributed by atoms with Crippen molar-refractivity contribution < 1.29 is 29.3 Å². The highest BCUT2D eigenvalue weighted by atomic mass is 16.5. The number of nitrogens with zero attached hydrogens (tertiary/aromatic N) is 2. The molecule has 178 valence electrons. The zero-order chi connectivity index (χ0) is 23.2. The van der Waals surface area contributed by atoms with Gasteiger partial charge < -0.3 is 24.7 Å². The van der Waals surface area contributed by atoms with Gasteiger partial charge in [0.15, 0.2) is 0 Å². The molecule has 3 aliphatic heterocycles. The third kappa shape index (κ3) is 3.37. The lowest BCUT2D eigenvalue weighted by atomic mass is 9.70. The van der Waals surface area contributed by atoms with Crippen LogP contribution in [0.3, 0.4) is 0 Å². The molecule has 0 aromatic rings. The average Bonchev–Trinajstić information content (AvgIpc) is 3.40. The van der Waals surface area contributed by atoms with Crippen LogP contribution in [0.4, 0.5) is 0 Å². The van der Waals surface area contributed by atoms with E-state index in [1.165, 1.54) is 4.90 Å². The minimum atomic E-state index is -1.14. The van der Waals surface area contributed by atoms with Crippen molar-refractivity contribution >= 4 is 17.8 Å². The van der Waals surface area contributed by atoms with Crippen LogP contribution in [-0.2, 0) is 19.1 Å². The van der Waals surface area contributed by atoms with Crippen molar-refractivity contribution in [1.82, 2.24) is 9.80 Å². The highest BCUT2D eigenvalue weighted by Crippen LogP contribution is 2.59. The molecule has 0 aromatic heterocycles. The van der Waals surface area contributed by atoms with Crippen molar-refractivity contribution in [2.45, 2.75) is 88.6 Å². The molecule has 4 fully saturated rings. The molecule has 1 saturated carbocycles. The monoisotopic (exact) mass is 448 g/mol. The number of carboxylic acid groups (broad SMARTS) is 1. The van der Waals surface area contributed by atoms with Crippen LogP contribution in [0.25, 0.3) is 0 Å². The Hall–Kier alpha value is -1.93. The SMILES string of the molecule is C=CCN(C(=O)[C@@H]1N([C@@H](CO)C(C)C)C(=O)[C@H]2[C@H](C(=O)O)[C@@H]3CC[C@]12O3)C1CCCCC1. The number of hydrogen-bond donors (Lipinski definition) is 2. The minimum absolute atomic E-state index is 0.0714. The van der Waals surface area contributed by atoms with Crippen molar-refractivity contribution in [2.75, 3.05) is 13.2 Å². The molecule has 0 unspecified atom stereocenters. The van der Waals surface area contributed by atoms with Gasteiger partial charge in [0.2, 0.25) is 11.8 Å². The first kappa shape index (κ1) is 23.2. The number of aliphatic hydroxyl groups is 1. The second kappa shape index (κ2) is 8.78. The van der Waals surface area contributed by atoms with Gasteiger partial charge in [-0.25, -0.2) is 0 Å². The molecule has 4 rings (SSSR count). The Morgan fingerprint density at radius 3 is 2.53 bits per heavy atom. The number of hydrogen-bond acceptors (Lipinski definition) is 5. The van der Waals surface area contributed by atoms with E-state index in [1.807, 2.05) is 18.7 Å². The number of carbonyl (C=O) groups excluding carboxylic acids is 2. The molecule has 1 spiro atoms. The van der Waals surface area contributed by atoms with E-state index in [9.17, 15) is 24.6 Å². The van der Waals surface area contributed by atoms with Crippen LogP contribution >= 0.6 is 0 Å². The summed E-state index contributed by atoms with van der Waals surface area (Å²) in [5.41, 5.74) is -1.14. The molecule has 1 aliphatic carbocycles. The van der Waals surface area contributed by atoms with Crippen LogP contribution in [0, 0.1) is 17.8 Å². The van der Waals surface area contributed by atoms with Gasteiger partial charge in [0.05, 0.1) is 30.6 Å². The maximum Gasteiger partial charge on any atom is 0.310 e. The van der Waals surface area contributed by atoms with E-state index in [2.05, 4.69) is 6.58 Å². The van der Waals surface area contributed by atoms with Gasteiger partial charge in [0.1, 0.15) is 11.6 Å². The van der Waals surface area contributed by atoms with E-state index in [0.717, 1.165) is 32.1 Å². The predicted octanol–water partition coefficient (Wildman–Crippen LogP) is 1.81. The van der Waals surface area contributed by atoms with Gasteiger partial charge in [-0.05, 0) is 31.6 Å². The highest BCUT2D eigenvalue weighted by molar-refractivity contribution is 5.98. The molecule has 2 N–H and O–H groups in total. The van der Waals surface area contributed by atoms with Gasteiger partial charge in [-0.15, -0.1) is 6.58 Å². The third-order valence-corrected chi connectivity index (χ3v) is 8.20. The zero-order valence-corrected chi connectivity index (χ0v) is 19.1. The normalized spacial score (nSPS) is 35.2. The molecular formula is C24H36N2O6. The zero-order valence-electron chi connectivity index (χ0n) is 19.1. The second-order valence-corrected chi connectivity index (χ2v) is 10.2. The number of rotatable bonds is 8. The molecule has 8 nitrogen and oxygen atoms in total. The van der Waals surface area contributed by atoms with Crippen molar-refractivity contribution in [3.8, 4) is 0 Å². The lowest BCUT2D eigenvalue weighted by molar-refractivity contribution is -0.155. The summed E-state index contributed by atoms with van der Waals surface area (Å²) in [6.45, 7) is 7.73. The fourth-order valence-electron chi connectivity index (χ4n) is 6.74. The van der Waals surface area contributed by atoms with E-state index < -0.39 is 41.6 Å². The maximum atomic E-state index is 14.2. The Morgan fingerprint density at radius 1 is 1.28 bits per heavy atom. The molecule has 2 amide bonds. The maximum absolute atomic E-state index is 14.2. The number of ether oxygens (including phenoxy) is 1. The number of aliphatic carboxylic acids is 1. The molecule has 0 radical (unpaired) electrons. The number of aliphatic hydroxyl groups excluding tert-OH is 1. The second-order valence-electron chi connectivity index (χ2n) is 10.2. The van der Waals surface area contributed by atoms with Crippen molar-refractivity contribution in [3.05, 3.63) is 12.7 Å². The summed E-state index contributed by atoms with van der Waals surface area (Å²) in [4.78, 5) is 43.4. The fourth-order valence-corrected chi connectivity index (χ4v) is 6.74. The Morgan fingerprint density at radius 2 is 1.97 bits per heavy atom. The van der Waals surface area contributed by atoms with Crippen LogP contribution in [0.1, 0.15) is 58.8 Å². The van der Waals surface area contributed by atoms with Gasteiger partial charge >= 0.3 is 5.97 Å². The van der Waals surface area contributed by atoms with E-state index in [-0.39, 0.29) is 30.4 Å². The van der Waals surface area contributed by atoms with Crippen molar-refractivity contribution in [2.24, 2.45) is 17.8 Å². The van der Waals surface area contributed by atoms with E-state index >= 15 is 0 Å². The fraction of sp³-hybridized carbons (Fsp3) is 0.792. The van der Waals surface area contributed by atoms with Crippen LogP contribution in [0.5, 0.6) is 0 Å². The average molecular weight is 449 g/mol. The smallest absolute Gasteiger partial charge is 0.310 e. The summed E-state index contributed by atoms with van der Waals surface area (Å²) >= 11 is 0. The number of carboxylic acids is 1. The van der Waals surface area contributed by atoms with Crippen LogP contribution in [0.2, 0.25) is 0 Å². The molecule has 8 heteroatoms. The molecule has 32 heavy (non-hydrogen) atoms. The van der Waals surface area contributed by atoms with Crippen LogP contribution < -0.4 is 0 Å². The number of fused-ring (bicyclic) bond motifs is 1. The summed E-state index contributed by atoms with van der Waals surface area (Å²) in [6.07, 6.45) is 7.24. The minimum Gasteiger partial charge on any atom is -0.481 e. The Kier molecular flexibility index (Phi) is 6.38. The van der Waals surface area contributed by atoms with Gasteiger partial charge in [0.25, 0.3) is 0 Å². The lowest BCUT2D eigenvalue weighted by Crippen LogP contribution is -2.61. The largest absolute Gasteiger partial charge is 0.481 e. The molecular weight excluding hydrogens is 412 g/mol. The molecule has 0 aromatic carbocycles. The van der Waals surface area contributed by atoms with Crippen LogP contribution in [0.15, 0.2) is 12.7 Å². The predicted molar refractivity (Wildman–Crippen MR) is 117 cm³/mol. The van der Waals surface area contributed by atoms with E-state index in [4.69, 9.17) is 4.74 Å². The first-order valence-electron chi connectivity index (χ1n) is 12.0. The molecule has 2 bridgehead atoms. The first-order chi connectivity index (χ1) is 15.3. The van der Waals surface area contributed by atoms with Crippen molar-refractivity contribution in [3.63, 3.8) is 0 Å². The van der Waals surface area contributed by atoms with Crippen molar-refractivity contribution in [1.29, 1.82) is 0 Å². The lowest BCUT2D eigenvalue weighted by Gasteiger charge is -2.43.